The number of hydrogen-bond acceptors (Lipinski definition) is 7. The van der Waals surface area contributed by atoms with Crippen LogP contribution in [-0.2, 0) is 17.9 Å². The van der Waals surface area contributed by atoms with E-state index in [1.54, 1.807) is 53.2 Å². The second-order valence-electron chi connectivity index (χ2n) is 5.75. The number of esters is 1. The number of aryl methyl sites for hydroxylation is 1. The van der Waals surface area contributed by atoms with Crippen LogP contribution in [0.25, 0.3) is 0 Å². The summed E-state index contributed by atoms with van der Waals surface area (Å²) in [6.45, 7) is 2.76. The number of benzene rings is 2. The van der Waals surface area contributed by atoms with E-state index in [2.05, 4.69) is 25.6 Å². The lowest BCUT2D eigenvalue weighted by Gasteiger charge is -2.09. The fourth-order valence-corrected chi connectivity index (χ4v) is 2.49. The molecule has 0 aliphatic rings. The maximum Gasteiger partial charge on any atom is 0.337 e. The van der Waals surface area contributed by atoms with Crippen molar-refractivity contribution in [2.24, 2.45) is 0 Å². The summed E-state index contributed by atoms with van der Waals surface area (Å²) in [5.74, 6) is 0.311. The Morgan fingerprint density at radius 3 is 2.68 bits per heavy atom. The molecule has 144 valence electrons. The number of carbonyl (C=O) groups is 2. The molecule has 0 unspecified atom stereocenters. The first-order valence-corrected chi connectivity index (χ1v) is 8.58. The largest absolute Gasteiger partial charge is 0.486 e. The maximum absolute atomic E-state index is 12.5. The lowest BCUT2D eigenvalue weighted by molar-refractivity contribution is 0.0600. The van der Waals surface area contributed by atoms with Gasteiger partial charge in [-0.2, -0.15) is 0 Å². The summed E-state index contributed by atoms with van der Waals surface area (Å²) in [5.41, 5.74) is 1.25. The fourth-order valence-electron chi connectivity index (χ4n) is 2.49. The zero-order valence-electron chi connectivity index (χ0n) is 15.5. The van der Waals surface area contributed by atoms with E-state index in [1.165, 1.54) is 7.11 Å². The van der Waals surface area contributed by atoms with Crippen molar-refractivity contribution in [3.05, 3.63) is 65.5 Å². The van der Waals surface area contributed by atoms with Crippen LogP contribution in [-0.4, -0.2) is 39.2 Å². The Kier molecular flexibility index (Phi) is 5.95. The molecule has 1 aromatic heterocycles. The van der Waals surface area contributed by atoms with E-state index in [9.17, 15) is 9.59 Å². The molecule has 0 saturated heterocycles. The normalized spacial score (nSPS) is 10.4. The van der Waals surface area contributed by atoms with Crippen LogP contribution >= 0.6 is 0 Å². The molecule has 3 aromatic rings. The minimum Gasteiger partial charge on any atom is -0.486 e. The average molecular weight is 381 g/mol. The number of hydrogen-bond donors (Lipinski definition) is 1. The predicted molar refractivity (Wildman–Crippen MR) is 100.0 cm³/mol. The zero-order chi connectivity index (χ0) is 19.9. The molecule has 1 N–H and O–H groups in total. The van der Waals surface area contributed by atoms with Crippen LogP contribution in [0.4, 0.5) is 5.69 Å². The molecule has 2 aromatic carbocycles. The minimum atomic E-state index is -0.471. The van der Waals surface area contributed by atoms with Gasteiger partial charge in [0.25, 0.3) is 5.91 Å². The van der Waals surface area contributed by atoms with Crippen LogP contribution in [0.3, 0.4) is 0 Å². The van der Waals surface area contributed by atoms with Gasteiger partial charge in [0.05, 0.1) is 12.7 Å². The molecule has 0 aliphatic heterocycles. The number of tetrazole rings is 1. The standard InChI is InChI=1S/C19H19N5O4/c1-3-24-17(21-22-23-24)12-28-16-9-5-6-13(11-16)18(25)20-15-8-4-7-14(10-15)19(26)27-2/h4-11H,3,12H2,1-2H3,(H,20,25). The van der Waals surface area contributed by atoms with Crippen LogP contribution in [0.5, 0.6) is 5.75 Å². The molecule has 0 spiro atoms. The summed E-state index contributed by atoms with van der Waals surface area (Å²) < 4.78 is 12.0. The lowest BCUT2D eigenvalue weighted by Crippen LogP contribution is -2.13. The number of methoxy groups -OCH3 is 1. The monoisotopic (exact) mass is 381 g/mol. The van der Waals surface area contributed by atoms with Gasteiger partial charge in [-0.05, 0) is 53.7 Å². The first kappa shape index (κ1) is 19.0. The smallest absolute Gasteiger partial charge is 0.337 e. The Labute approximate surface area is 161 Å². The predicted octanol–water partition coefficient (Wildman–Crippen LogP) is 2.31. The zero-order valence-corrected chi connectivity index (χ0v) is 15.5. The van der Waals surface area contributed by atoms with Gasteiger partial charge in [-0.15, -0.1) is 5.10 Å². The minimum absolute atomic E-state index is 0.188. The number of rotatable bonds is 7. The van der Waals surface area contributed by atoms with Gasteiger partial charge in [-0.3, -0.25) is 4.79 Å². The van der Waals surface area contributed by atoms with Gasteiger partial charge in [0.2, 0.25) is 0 Å². The Morgan fingerprint density at radius 2 is 1.89 bits per heavy atom. The molecule has 0 aliphatic carbocycles. The number of nitrogens with zero attached hydrogens (tertiary/aromatic N) is 4. The Hall–Kier alpha value is -3.75. The van der Waals surface area contributed by atoms with Crippen molar-refractivity contribution in [3.8, 4) is 5.75 Å². The van der Waals surface area contributed by atoms with Crippen molar-refractivity contribution in [1.29, 1.82) is 0 Å². The van der Waals surface area contributed by atoms with E-state index in [0.29, 0.717) is 34.9 Å². The van der Waals surface area contributed by atoms with E-state index in [4.69, 9.17) is 4.74 Å². The SMILES string of the molecule is CCn1nnnc1COc1cccc(C(=O)Nc2cccc(C(=O)OC)c2)c1. The summed E-state index contributed by atoms with van der Waals surface area (Å²) in [7, 11) is 1.30. The highest BCUT2D eigenvalue weighted by atomic mass is 16.5. The Balaban J connectivity index is 1.68. The summed E-state index contributed by atoms with van der Waals surface area (Å²) in [6, 6.07) is 13.3. The third-order valence-electron chi connectivity index (χ3n) is 3.91. The van der Waals surface area contributed by atoms with Crippen LogP contribution in [0.15, 0.2) is 48.5 Å². The Bertz CT molecular complexity index is 986. The van der Waals surface area contributed by atoms with Crippen LogP contribution in [0.1, 0.15) is 33.5 Å². The molecule has 1 heterocycles. The van der Waals surface area contributed by atoms with E-state index in [0.717, 1.165) is 0 Å². The molecular formula is C19H19N5O4. The highest BCUT2D eigenvalue weighted by molar-refractivity contribution is 6.05. The van der Waals surface area contributed by atoms with Gasteiger partial charge in [-0.1, -0.05) is 12.1 Å². The van der Waals surface area contributed by atoms with Gasteiger partial charge in [0.15, 0.2) is 5.82 Å². The second-order valence-corrected chi connectivity index (χ2v) is 5.75. The number of aromatic nitrogens is 4. The molecule has 28 heavy (non-hydrogen) atoms. The highest BCUT2D eigenvalue weighted by Crippen LogP contribution is 2.17. The quantitative estimate of drug-likeness (QED) is 0.626. The van der Waals surface area contributed by atoms with Gasteiger partial charge < -0.3 is 14.8 Å². The van der Waals surface area contributed by atoms with Crippen LogP contribution < -0.4 is 10.1 Å². The molecule has 0 bridgehead atoms. The number of carbonyl (C=O) groups excluding carboxylic acids is 2. The number of amides is 1. The van der Waals surface area contributed by atoms with Crippen molar-refractivity contribution in [2.75, 3.05) is 12.4 Å². The van der Waals surface area contributed by atoms with E-state index >= 15 is 0 Å². The van der Waals surface area contributed by atoms with Crippen molar-refractivity contribution in [1.82, 2.24) is 20.2 Å². The second kappa shape index (κ2) is 8.76. The molecule has 3 rings (SSSR count). The van der Waals surface area contributed by atoms with Crippen molar-refractivity contribution < 1.29 is 19.1 Å². The molecular weight excluding hydrogens is 362 g/mol. The summed E-state index contributed by atoms with van der Waals surface area (Å²) in [4.78, 5) is 24.1. The van der Waals surface area contributed by atoms with Crippen molar-refractivity contribution in [3.63, 3.8) is 0 Å². The van der Waals surface area contributed by atoms with Crippen LogP contribution in [0, 0.1) is 0 Å². The maximum atomic E-state index is 12.5. The Morgan fingerprint density at radius 1 is 1.11 bits per heavy atom. The van der Waals surface area contributed by atoms with E-state index in [1.807, 2.05) is 6.92 Å². The molecule has 0 atom stereocenters. The first-order valence-electron chi connectivity index (χ1n) is 8.58. The van der Waals surface area contributed by atoms with E-state index < -0.39 is 5.97 Å². The topological polar surface area (TPSA) is 108 Å². The summed E-state index contributed by atoms with van der Waals surface area (Å²) in [6.07, 6.45) is 0. The molecule has 1 amide bonds. The highest BCUT2D eigenvalue weighted by Gasteiger charge is 2.11. The molecule has 9 heteroatoms. The molecule has 0 saturated carbocycles. The average Bonchev–Trinajstić information content (AvgIpc) is 3.19. The van der Waals surface area contributed by atoms with E-state index in [-0.39, 0.29) is 12.5 Å². The van der Waals surface area contributed by atoms with Crippen molar-refractivity contribution in [2.45, 2.75) is 20.1 Å². The number of anilines is 1. The first-order chi connectivity index (χ1) is 13.6. The summed E-state index contributed by atoms with van der Waals surface area (Å²) >= 11 is 0. The molecule has 9 nitrogen and oxygen atoms in total. The van der Waals surface area contributed by atoms with Gasteiger partial charge in [0.1, 0.15) is 12.4 Å². The summed E-state index contributed by atoms with van der Waals surface area (Å²) in [5, 5.41) is 14.1. The van der Waals surface area contributed by atoms with Crippen molar-refractivity contribution >= 4 is 17.6 Å². The van der Waals surface area contributed by atoms with Crippen LogP contribution in [0.2, 0.25) is 0 Å². The fraction of sp³-hybridized carbons (Fsp3) is 0.211. The van der Waals surface area contributed by atoms with Gasteiger partial charge in [0, 0.05) is 17.8 Å². The number of nitrogens with one attached hydrogen (secondary N) is 1. The number of ether oxygens (including phenoxy) is 2. The molecule has 0 radical (unpaired) electrons. The molecule has 0 fully saturated rings. The lowest BCUT2D eigenvalue weighted by atomic mass is 10.1. The van der Waals surface area contributed by atoms with Gasteiger partial charge in [-0.25, -0.2) is 9.48 Å². The third-order valence-corrected chi connectivity index (χ3v) is 3.91. The third kappa shape index (κ3) is 4.50. The van der Waals surface area contributed by atoms with Gasteiger partial charge >= 0.3 is 5.97 Å².